The Kier molecular flexibility index (Phi) is 4.10. The first-order valence-corrected chi connectivity index (χ1v) is 7.18. The zero-order valence-corrected chi connectivity index (χ0v) is 11.5. The lowest BCUT2D eigenvalue weighted by Crippen LogP contribution is -2.45. The molecule has 3 rings (SSSR count). The SMILES string of the molecule is OCC1CC(O)CCN1Cc1ccc2c(c1)OCCO2. The van der Waals surface area contributed by atoms with Crippen LogP contribution in [0.1, 0.15) is 18.4 Å². The molecule has 0 bridgehead atoms. The van der Waals surface area contributed by atoms with Gasteiger partial charge in [-0.05, 0) is 30.5 Å². The van der Waals surface area contributed by atoms with Gasteiger partial charge >= 0.3 is 0 Å². The van der Waals surface area contributed by atoms with Gasteiger partial charge in [0.05, 0.1) is 12.7 Å². The fraction of sp³-hybridized carbons (Fsp3) is 0.600. The number of ether oxygens (including phenoxy) is 2. The third kappa shape index (κ3) is 2.90. The summed E-state index contributed by atoms with van der Waals surface area (Å²) in [6, 6.07) is 6.02. The van der Waals surface area contributed by atoms with Crippen LogP contribution in [0.5, 0.6) is 11.5 Å². The Labute approximate surface area is 118 Å². The molecule has 5 nitrogen and oxygen atoms in total. The van der Waals surface area contributed by atoms with Gasteiger partial charge in [-0.2, -0.15) is 0 Å². The van der Waals surface area contributed by atoms with Crippen molar-refractivity contribution in [3.8, 4) is 11.5 Å². The van der Waals surface area contributed by atoms with Crippen molar-refractivity contribution in [2.45, 2.75) is 31.5 Å². The van der Waals surface area contributed by atoms with Crippen molar-refractivity contribution >= 4 is 0 Å². The Bertz CT molecular complexity index is 465. The molecule has 0 spiro atoms. The summed E-state index contributed by atoms with van der Waals surface area (Å²) in [6.45, 7) is 2.84. The van der Waals surface area contributed by atoms with E-state index in [9.17, 15) is 10.2 Å². The maximum Gasteiger partial charge on any atom is 0.161 e. The molecule has 5 heteroatoms. The molecular weight excluding hydrogens is 258 g/mol. The van der Waals surface area contributed by atoms with Crippen molar-refractivity contribution in [3.63, 3.8) is 0 Å². The summed E-state index contributed by atoms with van der Waals surface area (Å²) < 4.78 is 11.1. The van der Waals surface area contributed by atoms with Crippen molar-refractivity contribution in [1.29, 1.82) is 0 Å². The van der Waals surface area contributed by atoms with Gasteiger partial charge in [-0.15, -0.1) is 0 Å². The number of aliphatic hydroxyl groups excluding tert-OH is 2. The lowest BCUT2D eigenvalue weighted by molar-refractivity contribution is 0.0128. The second-order valence-electron chi connectivity index (χ2n) is 5.46. The van der Waals surface area contributed by atoms with Crippen LogP contribution in [0.25, 0.3) is 0 Å². The molecule has 20 heavy (non-hydrogen) atoms. The van der Waals surface area contributed by atoms with Gasteiger partial charge in [-0.25, -0.2) is 0 Å². The summed E-state index contributed by atoms with van der Waals surface area (Å²) in [5.41, 5.74) is 1.14. The number of rotatable bonds is 3. The highest BCUT2D eigenvalue weighted by molar-refractivity contribution is 5.43. The molecule has 2 N–H and O–H groups in total. The molecule has 0 radical (unpaired) electrons. The lowest BCUT2D eigenvalue weighted by atomic mass is 9.99. The van der Waals surface area contributed by atoms with E-state index in [2.05, 4.69) is 4.90 Å². The maximum atomic E-state index is 9.68. The van der Waals surface area contributed by atoms with Crippen molar-refractivity contribution in [3.05, 3.63) is 23.8 Å². The van der Waals surface area contributed by atoms with Crippen LogP contribution in [-0.4, -0.2) is 53.6 Å². The number of hydrogen-bond donors (Lipinski definition) is 2. The van der Waals surface area contributed by atoms with Crippen molar-refractivity contribution < 1.29 is 19.7 Å². The van der Waals surface area contributed by atoms with Crippen LogP contribution < -0.4 is 9.47 Å². The first kappa shape index (κ1) is 13.7. The van der Waals surface area contributed by atoms with Crippen LogP contribution in [0.3, 0.4) is 0 Å². The molecule has 1 aromatic carbocycles. The molecule has 2 unspecified atom stereocenters. The van der Waals surface area contributed by atoms with Gasteiger partial charge in [-0.1, -0.05) is 6.07 Å². The molecule has 0 saturated carbocycles. The maximum absolute atomic E-state index is 9.68. The van der Waals surface area contributed by atoms with Crippen LogP contribution in [0.4, 0.5) is 0 Å². The molecule has 110 valence electrons. The zero-order chi connectivity index (χ0) is 13.9. The Morgan fingerprint density at radius 2 is 2.00 bits per heavy atom. The molecular formula is C15H21NO4. The summed E-state index contributed by atoms with van der Waals surface area (Å²) in [7, 11) is 0. The largest absolute Gasteiger partial charge is 0.486 e. The number of benzene rings is 1. The first-order chi connectivity index (χ1) is 9.76. The molecule has 2 aliphatic heterocycles. The quantitative estimate of drug-likeness (QED) is 0.856. The van der Waals surface area contributed by atoms with E-state index < -0.39 is 0 Å². The third-order valence-corrected chi connectivity index (χ3v) is 4.01. The Balaban J connectivity index is 1.70. The minimum atomic E-state index is -0.288. The van der Waals surface area contributed by atoms with E-state index in [0.717, 1.165) is 36.6 Å². The minimum Gasteiger partial charge on any atom is -0.486 e. The van der Waals surface area contributed by atoms with Crippen molar-refractivity contribution in [2.75, 3.05) is 26.4 Å². The van der Waals surface area contributed by atoms with E-state index in [4.69, 9.17) is 9.47 Å². The van der Waals surface area contributed by atoms with Crippen molar-refractivity contribution in [1.82, 2.24) is 4.90 Å². The summed E-state index contributed by atoms with van der Waals surface area (Å²) in [5.74, 6) is 1.60. The predicted molar refractivity (Wildman–Crippen MR) is 74.0 cm³/mol. The van der Waals surface area contributed by atoms with Gasteiger partial charge in [0.25, 0.3) is 0 Å². The third-order valence-electron chi connectivity index (χ3n) is 4.01. The number of piperidine rings is 1. The molecule has 2 aliphatic rings. The summed E-state index contributed by atoms with van der Waals surface area (Å²) >= 11 is 0. The van der Waals surface area contributed by atoms with Crippen LogP contribution in [0, 0.1) is 0 Å². The number of aliphatic hydroxyl groups is 2. The van der Waals surface area contributed by atoms with Gasteiger partial charge in [0.15, 0.2) is 11.5 Å². The van der Waals surface area contributed by atoms with Crippen LogP contribution in [0.15, 0.2) is 18.2 Å². The molecule has 1 aromatic rings. The van der Waals surface area contributed by atoms with E-state index in [1.807, 2.05) is 18.2 Å². The minimum absolute atomic E-state index is 0.0342. The second kappa shape index (κ2) is 5.99. The summed E-state index contributed by atoms with van der Waals surface area (Å²) in [4.78, 5) is 2.22. The fourth-order valence-electron chi connectivity index (χ4n) is 2.90. The van der Waals surface area contributed by atoms with E-state index in [1.54, 1.807) is 0 Å². The molecule has 2 heterocycles. The van der Waals surface area contributed by atoms with E-state index in [-0.39, 0.29) is 18.8 Å². The highest BCUT2D eigenvalue weighted by atomic mass is 16.6. The van der Waals surface area contributed by atoms with Crippen LogP contribution in [0.2, 0.25) is 0 Å². The number of fused-ring (bicyclic) bond motifs is 1. The van der Waals surface area contributed by atoms with Gasteiger partial charge in [0.1, 0.15) is 13.2 Å². The molecule has 2 atom stereocenters. The van der Waals surface area contributed by atoms with E-state index in [1.165, 1.54) is 0 Å². The van der Waals surface area contributed by atoms with Crippen LogP contribution >= 0.6 is 0 Å². The smallest absolute Gasteiger partial charge is 0.161 e. The molecule has 0 amide bonds. The first-order valence-electron chi connectivity index (χ1n) is 7.18. The molecule has 0 aliphatic carbocycles. The van der Waals surface area contributed by atoms with Crippen LogP contribution in [-0.2, 0) is 6.54 Å². The summed E-state index contributed by atoms with van der Waals surface area (Å²) in [5, 5.41) is 19.1. The number of likely N-dealkylation sites (tertiary alicyclic amines) is 1. The summed E-state index contributed by atoms with van der Waals surface area (Å²) in [6.07, 6.45) is 1.12. The Morgan fingerprint density at radius 1 is 1.20 bits per heavy atom. The van der Waals surface area contributed by atoms with Gasteiger partial charge in [0, 0.05) is 19.1 Å². The number of nitrogens with zero attached hydrogens (tertiary/aromatic N) is 1. The highest BCUT2D eigenvalue weighted by Crippen LogP contribution is 2.31. The lowest BCUT2D eigenvalue weighted by Gasteiger charge is -2.37. The van der Waals surface area contributed by atoms with E-state index >= 15 is 0 Å². The Morgan fingerprint density at radius 3 is 2.80 bits per heavy atom. The standard InChI is InChI=1S/C15H21NO4/c17-10-12-8-13(18)3-4-16(12)9-11-1-2-14-15(7-11)20-6-5-19-14/h1-2,7,12-13,17-18H,3-6,8-10H2. The predicted octanol–water partition coefficient (Wildman–Crippen LogP) is 0.775. The fourth-order valence-corrected chi connectivity index (χ4v) is 2.90. The average Bonchev–Trinajstić information content (AvgIpc) is 2.49. The van der Waals surface area contributed by atoms with E-state index in [0.29, 0.717) is 19.6 Å². The highest BCUT2D eigenvalue weighted by Gasteiger charge is 2.27. The molecule has 1 fully saturated rings. The zero-order valence-electron chi connectivity index (χ0n) is 11.5. The molecule has 1 saturated heterocycles. The van der Waals surface area contributed by atoms with Crippen molar-refractivity contribution in [2.24, 2.45) is 0 Å². The number of hydrogen-bond acceptors (Lipinski definition) is 5. The second-order valence-corrected chi connectivity index (χ2v) is 5.46. The Hall–Kier alpha value is -1.30. The van der Waals surface area contributed by atoms with Gasteiger partial charge in [0.2, 0.25) is 0 Å². The van der Waals surface area contributed by atoms with Gasteiger partial charge in [-0.3, -0.25) is 4.90 Å². The topological polar surface area (TPSA) is 62.2 Å². The molecule has 0 aromatic heterocycles. The monoisotopic (exact) mass is 279 g/mol. The van der Waals surface area contributed by atoms with Gasteiger partial charge < -0.3 is 19.7 Å². The normalized spacial score (nSPS) is 26.5. The average molecular weight is 279 g/mol.